The molecule has 2 rings (SSSR count). The summed E-state index contributed by atoms with van der Waals surface area (Å²) in [6.07, 6.45) is 0.364. The molecule has 1 atom stereocenters. The van der Waals surface area contributed by atoms with E-state index in [9.17, 15) is 22.8 Å². The standard InChI is InChI=1S/C16H23N3O6S/c1-5-19(12-6-7-26(23,24)9-12)13(20)8-25-16(22)15(21)14-10(2)17-18(4)11(14)3/h12H,5-9H2,1-4H3/t12-/m1/s1. The third kappa shape index (κ3) is 4.12. The molecular formula is C16H23N3O6S. The summed E-state index contributed by atoms with van der Waals surface area (Å²) in [6.45, 7) is 4.68. The van der Waals surface area contributed by atoms with Crippen LogP contribution in [0.2, 0.25) is 0 Å². The number of likely N-dealkylation sites (N-methyl/N-ethyl adjacent to an activating group) is 1. The number of hydrogen-bond donors (Lipinski definition) is 0. The smallest absolute Gasteiger partial charge is 0.380 e. The van der Waals surface area contributed by atoms with E-state index in [-0.39, 0.29) is 17.1 Å². The quantitative estimate of drug-likeness (QED) is 0.378. The number of aromatic nitrogens is 2. The zero-order valence-corrected chi connectivity index (χ0v) is 16.1. The summed E-state index contributed by atoms with van der Waals surface area (Å²) in [5.41, 5.74) is 1.10. The molecule has 10 heteroatoms. The van der Waals surface area contributed by atoms with Gasteiger partial charge < -0.3 is 9.64 Å². The lowest BCUT2D eigenvalue weighted by Crippen LogP contribution is -2.43. The summed E-state index contributed by atoms with van der Waals surface area (Å²) in [5, 5.41) is 4.07. The van der Waals surface area contributed by atoms with Crippen LogP contribution in [0.3, 0.4) is 0 Å². The predicted octanol–water partition coefficient (Wildman–Crippen LogP) is -0.202. The highest BCUT2D eigenvalue weighted by Gasteiger charge is 2.34. The summed E-state index contributed by atoms with van der Waals surface area (Å²) in [6, 6.07) is -0.422. The number of ether oxygens (including phenoxy) is 1. The maximum atomic E-state index is 12.3. The van der Waals surface area contributed by atoms with Gasteiger partial charge in [0.25, 0.3) is 11.7 Å². The molecule has 144 valence electrons. The van der Waals surface area contributed by atoms with Crippen molar-refractivity contribution in [3.8, 4) is 0 Å². The van der Waals surface area contributed by atoms with E-state index in [4.69, 9.17) is 4.74 Å². The molecule has 0 aliphatic carbocycles. The molecule has 1 amide bonds. The van der Waals surface area contributed by atoms with Crippen molar-refractivity contribution in [2.45, 2.75) is 33.2 Å². The average Bonchev–Trinajstić information content (AvgIpc) is 3.04. The minimum Gasteiger partial charge on any atom is -0.450 e. The van der Waals surface area contributed by atoms with Crippen LogP contribution in [0.15, 0.2) is 0 Å². The van der Waals surface area contributed by atoms with Crippen LogP contribution in [0.4, 0.5) is 0 Å². The van der Waals surface area contributed by atoms with Gasteiger partial charge in [0.2, 0.25) is 0 Å². The monoisotopic (exact) mass is 385 g/mol. The Morgan fingerprint density at radius 3 is 2.42 bits per heavy atom. The van der Waals surface area contributed by atoms with Crippen LogP contribution in [0.25, 0.3) is 0 Å². The summed E-state index contributed by atoms with van der Waals surface area (Å²) in [5.74, 6) is -2.55. The van der Waals surface area contributed by atoms with E-state index in [0.717, 1.165) is 0 Å². The van der Waals surface area contributed by atoms with Gasteiger partial charge in [-0.25, -0.2) is 13.2 Å². The van der Waals surface area contributed by atoms with Crippen LogP contribution in [0.1, 0.15) is 35.1 Å². The first-order chi connectivity index (χ1) is 12.1. The molecule has 0 spiro atoms. The summed E-state index contributed by atoms with van der Waals surface area (Å²) < 4.78 is 29.5. The SMILES string of the molecule is CCN(C(=O)COC(=O)C(=O)c1c(C)nn(C)c1C)[C@@H]1CCS(=O)(=O)C1. The molecule has 0 bridgehead atoms. The number of rotatable bonds is 6. The summed E-state index contributed by atoms with van der Waals surface area (Å²) in [4.78, 5) is 38.0. The largest absolute Gasteiger partial charge is 0.450 e. The topological polar surface area (TPSA) is 116 Å². The Kier molecular flexibility index (Phi) is 5.84. The van der Waals surface area contributed by atoms with Gasteiger partial charge in [-0.1, -0.05) is 0 Å². The molecule has 1 saturated heterocycles. The fourth-order valence-electron chi connectivity index (χ4n) is 3.14. The fraction of sp³-hybridized carbons (Fsp3) is 0.625. The van der Waals surface area contributed by atoms with Gasteiger partial charge in [-0.3, -0.25) is 14.3 Å². The fourth-order valence-corrected chi connectivity index (χ4v) is 4.87. The number of sulfone groups is 1. The lowest BCUT2D eigenvalue weighted by molar-refractivity contribution is -0.149. The third-order valence-electron chi connectivity index (χ3n) is 4.56. The molecule has 0 N–H and O–H groups in total. The molecule has 0 saturated carbocycles. The van der Waals surface area contributed by atoms with Crippen molar-refractivity contribution in [2.24, 2.45) is 7.05 Å². The number of esters is 1. The molecule has 2 heterocycles. The van der Waals surface area contributed by atoms with E-state index >= 15 is 0 Å². The Balaban J connectivity index is 1.99. The van der Waals surface area contributed by atoms with E-state index < -0.39 is 40.1 Å². The Bertz CT molecular complexity index is 842. The van der Waals surface area contributed by atoms with Gasteiger partial charge in [0.05, 0.1) is 22.8 Å². The average molecular weight is 385 g/mol. The molecule has 26 heavy (non-hydrogen) atoms. The Hall–Kier alpha value is -2.23. The minimum atomic E-state index is -3.14. The van der Waals surface area contributed by atoms with Gasteiger partial charge in [0.15, 0.2) is 16.4 Å². The Labute approximate surface area is 152 Å². The van der Waals surface area contributed by atoms with E-state index in [1.807, 2.05) is 0 Å². The highest BCUT2D eigenvalue weighted by Crippen LogP contribution is 2.18. The van der Waals surface area contributed by atoms with Crippen molar-refractivity contribution >= 4 is 27.5 Å². The molecule has 0 unspecified atom stereocenters. The first-order valence-corrected chi connectivity index (χ1v) is 10.1. The zero-order valence-electron chi connectivity index (χ0n) is 15.3. The number of aryl methyl sites for hydroxylation is 2. The van der Waals surface area contributed by atoms with E-state index in [1.54, 1.807) is 27.8 Å². The van der Waals surface area contributed by atoms with Gasteiger partial charge in [-0.15, -0.1) is 0 Å². The summed E-state index contributed by atoms with van der Waals surface area (Å²) >= 11 is 0. The molecule has 0 aromatic carbocycles. The third-order valence-corrected chi connectivity index (χ3v) is 6.31. The highest BCUT2D eigenvalue weighted by atomic mass is 32.2. The number of Topliss-reactive ketones (excluding diaryl/α,β-unsaturated/α-hetero) is 1. The second kappa shape index (κ2) is 7.56. The number of nitrogens with zero attached hydrogens (tertiary/aromatic N) is 3. The Morgan fingerprint density at radius 1 is 1.31 bits per heavy atom. The molecule has 1 aromatic heterocycles. The first kappa shape index (κ1) is 20.1. The number of carbonyl (C=O) groups is 3. The van der Waals surface area contributed by atoms with E-state index in [1.165, 1.54) is 9.58 Å². The molecule has 1 aromatic rings. The van der Waals surface area contributed by atoms with Crippen LogP contribution < -0.4 is 0 Å². The van der Waals surface area contributed by atoms with E-state index in [2.05, 4.69) is 5.10 Å². The van der Waals surface area contributed by atoms with Crippen molar-refractivity contribution in [3.63, 3.8) is 0 Å². The van der Waals surface area contributed by atoms with Crippen molar-refractivity contribution in [1.29, 1.82) is 0 Å². The minimum absolute atomic E-state index is 0.0410. The van der Waals surface area contributed by atoms with Crippen molar-refractivity contribution in [2.75, 3.05) is 24.7 Å². The normalized spacial score (nSPS) is 18.5. The predicted molar refractivity (Wildman–Crippen MR) is 92.4 cm³/mol. The molecular weight excluding hydrogens is 362 g/mol. The molecule has 1 fully saturated rings. The number of ketones is 1. The van der Waals surface area contributed by atoms with Crippen molar-refractivity contribution in [1.82, 2.24) is 14.7 Å². The van der Waals surface area contributed by atoms with Crippen LogP contribution in [-0.4, -0.2) is 71.5 Å². The number of carbonyl (C=O) groups excluding carboxylic acids is 3. The number of hydrogen-bond acceptors (Lipinski definition) is 7. The van der Waals surface area contributed by atoms with Gasteiger partial charge >= 0.3 is 5.97 Å². The van der Waals surface area contributed by atoms with Gasteiger partial charge in [0, 0.05) is 25.3 Å². The van der Waals surface area contributed by atoms with Crippen LogP contribution >= 0.6 is 0 Å². The second-order valence-corrected chi connectivity index (χ2v) is 8.54. The maximum Gasteiger partial charge on any atom is 0.380 e. The second-order valence-electron chi connectivity index (χ2n) is 6.31. The molecule has 9 nitrogen and oxygen atoms in total. The lowest BCUT2D eigenvalue weighted by Gasteiger charge is -2.26. The van der Waals surface area contributed by atoms with Gasteiger partial charge in [-0.05, 0) is 27.2 Å². The zero-order chi connectivity index (χ0) is 19.6. The van der Waals surface area contributed by atoms with Crippen molar-refractivity contribution < 1.29 is 27.5 Å². The highest BCUT2D eigenvalue weighted by molar-refractivity contribution is 7.91. The molecule has 1 aliphatic heterocycles. The van der Waals surface area contributed by atoms with Gasteiger partial charge in [0.1, 0.15) is 0 Å². The lowest BCUT2D eigenvalue weighted by atomic mass is 10.1. The van der Waals surface area contributed by atoms with Gasteiger partial charge in [-0.2, -0.15) is 5.10 Å². The van der Waals surface area contributed by atoms with Crippen molar-refractivity contribution in [3.05, 3.63) is 17.0 Å². The molecule has 1 aliphatic rings. The van der Waals surface area contributed by atoms with E-state index in [0.29, 0.717) is 24.4 Å². The van der Waals surface area contributed by atoms with Crippen LogP contribution in [0, 0.1) is 13.8 Å². The molecule has 0 radical (unpaired) electrons. The van der Waals surface area contributed by atoms with Crippen LogP contribution in [0.5, 0.6) is 0 Å². The maximum absolute atomic E-state index is 12.3. The van der Waals surface area contributed by atoms with Crippen LogP contribution in [-0.2, 0) is 31.2 Å². The number of amides is 1. The first-order valence-electron chi connectivity index (χ1n) is 8.29. The Morgan fingerprint density at radius 2 is 1.96 bits per heavy atom. The summed E-state index contributed by atoms with van der Waals surface area (Å²) in [7, 11) is -1.48.